The highest BCUT2D eigenvalue weighted by Crippen LogP contribution is 2.44. The molecule has 0 spiro atoms. The molecule has 0 fully saturated rings. The molecule has 70 heavy (non-hydrogen) atoms. The van der Waals surface area contributed by atoms with Crippen LogP contribution in [-0.2, 0) is 47.3 Å². The van der Waals surface area contributed by atoms with Gasteiger partial charge in [-0.3, -0.25) is 9.59 Å². The summed E-state index contributed by atoms with van der Waals surface area (Å²) in [7, 11) is 0. The van der Waals surface area contributed by atoms with E-state index in [0.29, 0.717) is 59.8 Å². The third-order valence-corrected chi connectivity index (χ3v) is 13.3. The van der Waals surface area contributed by atoms with Crippen LogP contribution < -0.4 is 18.9 Å². The number of hydrogen-bond donors (Lipinski definition) is 2. The molecule has 0 amide bonds. The molecule has 7 rings (SSSR count). The topological polar surface area (TPSA) is 112 Å². The van der Waals surface area contributed by atoms with Crippen LogP contribution in [0.4, 0.5) is 0 Å². The number of hydrogen-bond acceptors (Lipinski definition) is 8. The van der Waals surface area contributed by atoms with Gasteiger partial charge >= 0.3 is 0 Å². The highest BCUT2D eigenvalue weighted by atomic mass is 16.5. The summed E-state index contributed by atoms with van der Waals surface area (Å²) in [5, 5.41) is 25.3. The van der Waals surface area contributed by atoms with Gasteiger partial charge in [-0.05, 0) is 113 Å². The summed E-state index contributed by atoms with van der Waals surface area (Å²) in [5.74, 6) is 2.74. The average Bonchev–Trinajstić information content (AvgIpc) is 3.28. The molecule has 0 unspecified atom stereocenters. The number of aromatic hydroxyl groups is 2. The Hall–Kier alpha value is -6.54. The third kappa shape index (κ3) is 11.9. The van der Waals surface area contributed by atoms with Gasteiger partial charge < -0.3 is 29.2 Å². The van der Waals surface area contributed by atoms with Crippen molar-refractivity contribution in [1.82, 2.24) is 0 Å². The first kappa shape index (κ1) is 51.3. The Morgan fingerprint density at radius 1 is 0.386 bits per heavy atom. The van der Waals surface area contributed by atoms with E-state index in [1.165, 1.54) is 0 Å². The van der Waals surface area contributed by atoms with Crippen molar-refractivity contribution in [3.05, 3.63) is 175 Å². The van der Waals surface area contributed by atoms with Crippen molar-refractivity contribution < 1.29 is 38.7 Å². The number of benzene rings is 6. The van der Waals surface area contributed by atoms with E-state index in [1.807, 2.05) is 12.1 Å². The second-order valence-electron chi connectivity index (χ2n) is 22.9. The van der Waals surface area contributed by atoms with E-state index in [0.717, 1.165) is 79.3 Å². The molecule has 8 nitrogen and oxygen atoms in total. The summed E-state index contributed by atoms with van der Waals surface area (Å²) in [4.78, 5) is 23.7. The van der Waals surface area contributed by atoms with Gasteiger partial charge in [0.25, 0.3) is 0 Å². The average molecular weight is 945 g/mol. The van der Waals surface area contributed by atoms with Crippen LogP contribution >= 0.6 is 0 Å². The van der Waals surface area contributed by atoms with Crippen LogP contribution in [0.15, 0.2) is 97.1 Å². The molecule has 0 radical (unpaired) electrons. The first-order valence-corrected chi connectivity index (χ1v) is 24.6. The van der Waals surface area contributed by atoms with Gasteiger partial charge in [0.1, 0.15) is 60.9 Å². The SMILES string of the molecule is CC(C)(C)c1cc2c(O)c(c1)Cc1cc(C(C)(C)C)cc(c1OCCOc1ccccc1C=O)Cc1cc(C(C)(C)C)cc(c1O)Cc1cc(C(C)(C)C)cc(c1OCCOc1ccccc1C=O)C2. The zero-order valence-electron chi connectivity index (χ0n) is 43.4. The lowest BCUT2D eigenvalue weighted by atomic mass is 9.79. The van der Waals surface area contributed by atoms with Gasteiger partial charge in [-0.2, -0.15) is 0 Å². The van der Waals surface area contributed by atoms with Gasteiger partial charge in [-0.25, -0.2) is 0 Å². The van der Waals surface area contributed by atoms with Gasteiger partial charge in [0.05, 0.1) is 11.1 Å². The van der Waals surface area contributed by atoms with Crippen LogP contribution in [-0.4, -0.2) is 49.2 Å². The van der Waals surface area contributed by atoms with E-state index in [1.54, 1.807) is 36.4 Å². The maximum atomic E-state index is 12.7. The van der Waals surface area contributed by atoms with Gasteiger partial charge in [0, 0.05) is 25.7 Å². The molecular weight excluding hydrogens is 873 g/mol. The Labute approximate surface area is 416 Å². The number of fused-ring (bicyclic) bond motifs is 8. The largest absolute Gasteiger partial charge is 0.507 e. The van der Waals surface area contributed by atoms with Gasteiger partial charge in [-0.15, -0.1) is 0 Å². The Kier molecular flexibility index (Phi) is 15.0. The smallest absolute Gasteiger partial charge is 0.153 e. The summed E-state index contributed by atoms with van der Waals surface area (Å²) < 4.78 is 26.0. The fourth-order valence-corrected chi connectivity index (χ4v) is 9.03. The predicted molar refractivity (Wildman–Crippen MR) is 281 cm³/mol. The van der Waals surface area contributed by atoms with Crippen molar-refractivity contribution in [2.45, 2.75) is 130 Å². The second-order valence-corrected chi connectivity index (χ2v) is 22.9. The number of para-hydroxylation sites is 2. The zero-order chi connectivity index (χ0) is 50.8. The Bertz CT molecular complexity index is 2580. The van der Waals surface area contributed by atoms with E-state index in [4.69, 9.17) is 18.9 Å². The fourth-order valence-electron chi connectivity index (χ4n) is 9.03. The van der Waals surface area contributed by atoms with Crippen molar-refractivity contribution >= 4 is 12.6 Å². The molecule has 8 heteroatoms. The molecule has 0 atom stereocenters. The monoisotopic (exact) mass is 945 g/mol. The number of carbonyl (C=O) groups is 2. The fraction of sp³-hybridized carbons (Fsp3) is 0.387. The van der Waals surface area contributed by atoms with Crippen LogP contribution in [0.3, 0.4) is 0 Å². The molecule has 2 N–H and O–H groups in total. The number of phenolic OH excluding ortho intramolecular Hbond substituents is 2. The number of ether oxygens (including phenoxy) is 4. The Morgan fingerprint density at radius 2 is 0.629 bits per heavy atom. The van der Waals surface area contributed by atoms with Crippen LogP contribution in [0.2, 0.25) is 0 Å². The molecule has 1 aliphatic rings. The summed E-state index contributed by atoms with van der Waals surface area (Å²) in [6.07, 6.45) is 3.02. The summed E-state index contributed by atoms with van der Waals surface area (Å²) in [5.41, 5.74) is 11.0. The standard InChI is InChI=1S/C62H72O8/c1-59(2,3)49-29-41-25-45-33-51(61(7,8)9)35-47(57(45)69-23-21-67-53-19-15-13-17-39(53)37-63)27-43-31-50(60(4,5)6)32-44(56(43)66)28-48-36-52(62(10,11)12)34-46(26-42(30-49)55(41)65)58(48)70-24-22-68-54-20-16-14-18-40(54)38-64/h13-20,29-38,65-66H,21-28H2,1-12H3. The molecule has 0 saturated carbocycles. The maximum absolute atomic E-state index is 12.7. The molecule has 0 heterocycles. The minimum Gasteiger partial charge on any atom is -0.507 e. The number of rotatable bonds is 12. The number of carbonyl (C=O) groups excluding carboxylic acids is 2. The van der Waals surface area contributed by atoms with Crippen molar-refractivity contribution in [3.8, 4) is 34.5 Å². The van der Waals surface area contributed by atoms with E-state index in [-0.39, 0.29) is 59.6 Å². The first-order chi connectivity index (χ1) is 32.9. The van der Waals surface area contributed by atoms with Crippen molar-refractivity contribution in [2.75, 3.05) is 26.4 Å². The zero-order valence-corrected chi connectivity index (χ0v) is 43.4. The van der Waals surface area contributed by atoms with E-state index in [2.05, 4.69) is 132 Å². The molecule has 6 aromatic rings. The van der Waals surface area contributed by atoms with E-state index < -0.39 is 0 Å². The lowest BCUT2D eigenvalue weighted by Crippen LogP contribution is -2.18. The summed E-state index contributed by atoms with van der Waals surface area (Å²) in [6.45, 7) is 27.1. The van der Waals surface area contributed by atoms with Crippen LogP contribution in [0.1, 0.15) is 171 Å². The van der Waals surface area contributed by atoms with E-state index >= 15 is 0 Å². The highest BCUT2D eigenvalue weighted by Gasteiger charge is 2.29. The quantitative estimate of drug-likeness (QED) is 0.0920. The Morgan fingerprint density at radius 3 is 0.886 bits per heavy atom. The van der Waals surface area contributed by atoms with Gasteiger partial charge in [-0.1, -0.05) is 156 Å². The van der Waals surface area contributed by atoms with Crippen LogP contribution in [0.25, 0.3) is 0 Å². The summed E-state index contributed by atoms with van der Waals surface area (Å²) >= 11 is 0. The number of aldehydes is 2. The summed E-state index contributed by atoms with van der Waals surface area (Å²) in [6, 6.07) is 31.6. The molecule has 8 bridgehead atoms. The molecule has 368 valence electrons. The lowest BCUT2D eigenvalue weighted by Gasteiger charge is -2.28. The highest BCUT2D eigenvalue weighted by molar-refractivity contribution is 5.79. The minimum atomic E-state index is -0.261. The normalized spacial score (nSPS) is 13.1. The lowest BCUT2D eigenvalue weighted by molar-refractivity contribution is 0.111. The van der Waals surface area contributed by atoms with Crippen LogP contribution in [0.5, 0.6) is 34.5 Å². The number of phenols is 2. The first-order valence-electron chi connectivity index (χ1n) is 24.6. The van der Waals surface area contributed by atoms with Crippen molar-refractivity contribution in [1.29, 1.82) is 0 Å². The third-order valence-electron chi connectivity index (χ3n) is 13.3. The second kappa shape index (κ2) is 20.4. The molecule has 0 aliphatic heterocycles. The molecule has 1 aliphatic carbocycles. The molecule has 0 aromatic heterocycles. The van der Waals surface area contributed by atoms with Gasteiger partial charge in [0.2, 0.25) is 0 Å². The molecule has 6 aromatic carbocycles. The maximum Gasteiger partial charge on any atom is 0.153 e. The van der Waals surface area contributed by atoms with Crippen molar-refractivity contribution in [2.24, 2.45) is 0 Å². The van der Waals surface area contributed by atoms with E-state index in [9.17, 15) is 19.8 Å². The predicted octanol–water partition coefficient (Wildman–Crippen LogP) is 13.5. The minimum absolute atomic E-state index is 0.183. The van der Waals surface area contributed by atoms with Gasteiger partial charge in [0.15, 0.2) is 12.6 Å². The van der Waals surface area contributed by atoms with Crippen molar-refractivity contribution in [3.63, 3.8) is 0 Å². The molecule has 0 saturated heterocycles. The molecular formula is C62H72O8. The van der Waals surface area contributed by atoms with Crippen LogP contribution in [0, 0.1) is 0 Å². The Balaban J connectivity index is 1.45.